The molecular formula is C51H62F12N4O6P2. The van der Waals surface area contributed by atoms with Crippen LogP contribution >= 0.6 is 15.6 Å². The molecule has 3 aromatic carbocycles. The summed E-state index contributed by atoms with van der Waals surface area (Å²) in [5.41, 5.74) is 6.36. The van der Waals surface area contributed by atoms with Gasteiger partial charge >= 0.3 is 83.9 Å². The number of nitrogens with zero attached hydrogens (tertiary/aromatic N) is 4. The van der Waals surface area contributed by atoms with E-state index in [-0.39, 0.29) is 54.0 Å². The summed E-state index contributed by atoms with van der Waals surface area (Å²) in [6.07, 6.45) is 13.1. The molecule has 0 N–H and O–H groups in total. The van der Waals surface area contributed by atoms with E-state index in [1.807, 2.05) is 12.1 Å². The second kappa shape index (κ2) is 18.6. The van der Waals surface area contributed by atoms with Gasteiger partial charge in [-0.25, -0.2) is 27.9 Å². The zero-order chi connectivity index (χ0) is 54.9. The molecule has 2 aromatic heterocycles. The monoisotopic (exact) mass is 1120 g/mol. The number of aromatic nitrogens is 4. The molecule has 0 unspecified atom stereocenters. The predicted molar refractivity (Wildman–Crippen MR) is 257 cm³/mol. The number of fused-ring (bicyclic) bond motifs is 9. The third-order valence-electron chi connectivity index (χ3n) is 16.9. The SMILES string of the molecule is COC(=O)CC[C@@H](C)[C@H]1CC[C@H]2[C@@H]3CC[C@@H]4C[C@H]5CC[C@]4(C)[C@H]3C[C@H](OC(=O)Cn3c[n+](c4ccccc43)Cc3cccc(c3)C[n+]3cn(c4ccccc43)CC(=O)O5)[C@]12C.F[P-](F)(F)(F)(F)F.F[P-](F)(F)(F)(F)F. The van der Waals surface area contributed by atoms with E-state index in [0.29, 0.717) is 55.0 Å². The van der Waals surface area contributed by atoms with Crippen LogP contribution in [0.4, 0.5) is 50.4 Å². The van der Waals surface area contributed by atoms with E-state index < -0.39 is 15.6 Å². The Balaban J connectivity index is 0.000000472. The second-order valence-corrected chi connectivity index (χ2v) is 25.7. The summed E-state index contributed by atoms with van der Waals surface area (Å²) in [6, 6.07) is 25.3. The van der Waals surface area contributed by atoms with Crippen molar-refractivity contribution in [3.8, 4) is 0 Å². The average Bonchev–Trinajstić information content (AvgIpc) is 3.94. The van der Waals surface area contributed by atoms with Gasteiger partial charge in [0.15, 0.2) is 35.2 Å². The Kier molecular flexibility index (Phi) is 14.0. The van der Waals surface area contributed by atoms with Gasteiger partial charge in [0.1, 0.15) is 25.3 Å². The number of esters is 3. The van der Waals surface area contributed by atoms with Gasteiger partial charge in [-0.1, -0.05) is 63.2 Å². The predicted octanol–water partition coefficient (Wildman–Crippen LogP) is 14.7. The molecule has 0 saturated heterocycles. The van der Waals surface area contributed by atoms with Crippen LogP contribution in [-0.2, 0) is 54.8 Å². The van der Waals surface area contributed by atoms with Crippen LogP contribution in [0, 0.1) is 46.3 Å². The summed E-state index contributed by atoms with van der Waals surface area (Å²) >= 11 is 0. The first-order chi connectivity index (χ1) is 34.4. The van der Waals surface area contributed by atoms with Crippen LogP contribution in [0.15, 0.2) is 85.5 Å². The zero-order valence-electron chi connectivity index (χ0n) is 41.8. The van der Waals surface area contributed by atoms with E-state index in [0.717, 1.165) is 91.0 Å². The van der Waals surface area contributed by atoms with Crippen LogP contribution < -0.4 is 9.13 Å². The van der Waals surface area contributed by atoms with Crippen LogP contribution in [0.1, 0.15) is 96.1 Å². The first-order valence-electron chi connectivity index (χ1n) is 25.0. The molecule has 6 aliphatic rings. The molecule has 11 bridgehead atoms. The first-order valence-corrected chi connectivity index (χ1v) is 29.1. The quantitative estimate of drug-likeness (QED) is 0.0585. The fraction of sp³-hybridized carbons (Fsp3) is 0.549. The molecule has 0 amide bonds. The molecule has 4 saturated carbocycles. The summed E-state index contributed by atoms with van der Waals surface area (Å²) in [5.74, 6) is 1.95. The number of benzene rings is 3. The van der Waals surface area contributed by atoms with Crippen LogP contribution in [0.3, 0.4) is 0 Å². The van der Waals surface area contributed by atoms with Crippen molar-refractivity contribution >= 4 is 55.6 Å². The molecule has 10 atom stereocenters. The molecule has 24 heteroatoms. The van der Waals surface area contributed by atoms with Crippen molar-refractivity contribution in [2.45, 2.75) is 123 Å². The van der Waals surface area contributed by atoms with E-state index in [4.69, 9.17) is 14.2 Å². The van der Waals surface area contributed by atoms with E-state index in [9.17, 15) is 64.7 Å². The maximum absolute atomic E-state index is 14.5. The van der Waals surface area contributed by atoms with Crippen molar-refractivity contribution in [1.29, 1.82) is 0 Å². The molecule has 0 spiro atoms. The van der Waals surface area contributed by atoms with Crippen molar-refractivity contribution in [1.82, 2.24) is 9.13 Å². The Morgan fingerprint density at radius 3 is 1.75 bits per heavy atom. The van der Waals surface area contributed by atoms with E-state index in [1.165, 1.54) is 7.11 Å². The van der Waals surface area contributed by atoms with Gasteiger partial charge in [0.2, 0.25) is 12.7 Å². The third-order valence-corrected chi connectivity index (χ3v) is 16.9. The number of carbonyl (C=O) groups is 3. The fourth-order valence-corrected chi connectivity index (χ4v) is 14.0. The number of halogens is 12. The van der Waals surface area contributed by atoms with Crippen LogP contribution in [-0.4, -0.2) is 46.4 Å². The molecule has 416 valence electrons. The fourth-order valence-electron chi connectivity index (χ4n) is 14.0. The van der Waals surface area contributed by atoms with E-state index in [2.05, 4.69) is 112 Å². The van der Waals surface area contributed by atoms with E-state index in [1.54, 1.807) is 0 Å². The molecular weight excluding hydrogens is 1050 g/mol. The molecule has 11 rings (SSSR count). The van der Waals surface area contributed by atoms with Gasteiger partial charge in [0, 0.05) is 11.8 Å². The summed E-state index contributed by atoms with van der Waals surface area (Å²) in [4.78, 5) is 40.7. The Morgan fingerprint density at radius 1 is 0.693 bits per heavy atom. The maximum atomic E-state index is 14.5. The van der Waals surface area contributed by atoms with Crippen molar-refractivity contribution in [3.63, 3.8) is 0 Å². The molecule has 4 heterocycles. The molecule has 4 fully saturated rings. The van der Waals surface area contributed by atoms with Crippen molar-refractivity contribution in [3.05, 3.63) is 96.6 Å². The minimum atomic E-state index is -10.7. The number of hydrogen-bond donors (Lipinski definition) is 0. The Hall–Kier alpha value is -4.97. The summed E-state index contributed by atoms with van der Waals surface area (Å²) in [6.45, 7) is 8.85. The number of carbonyl (C=O) groups excluding carboxylic acids is 3. The summed E-state index contributed by atoms with van der Waals surface area (Å²) < 4.78 is 145. The minimum absolute atomic E-state index is 0.0698. The first kappa shape index (κ1) is 56.2. The van der Waals surface area contributed by atoms with Crippen molar-refractivity contribution in [2.75, 3.05) is 7.11 Å². The number of para-hydroxylation sites is 4. The average molecular weight is 1120 g/mol. The summed E-state index contributed by atoms with van der Waals surface area (Å²) in [5, 5.41) is 0. The van der Waals surface area contributed by atoms with E-state index >= 15 is 0 Å². The van der Waals surface area contributed by atoms with Crippen LogP contribution in [0.5, 0.6) is 0 Å². The van der Waals surface area contributed by atoms with Gasteiger partial charge in [-0.05, 0) is 140 Å². The second-order valence-electron chi connectivity index (χ2n) is 21.9. The Labute approximate surface area is 425 Å². The van der Waals surface area contributed by atoms with Crippen LogP contribution in [0.25, 0.3) is 22.1 Å². The van der Waals surface area contributed by atoms with Gasteiger partial charge in [-0.2, -0.15) is 0 Å². The topological polar surface area (TPSA) is 96.5 Å². The number of methoxy groups -OCH3 is 1. The normalized spacial score (nSPS) is 30.3. The molecule has 4 aliphatic carbocycles. The van der Waals surface area contributed by atoms with Gasteiger partial charge < -0.3 is 14.2 Å². The Bertz CT molecular complexity index is 2940. The molecule has 2 aliphatic heterocycles. The van der Waals surface area contributed by atoms with Crippen molar-refractivity contribution in [2.24, 2.45) is 46.3 Å². The molecule has 75 heavy (non-hydrogen) atoms. The van der Waals surface area contributed by atoms with Crippen molar-refractivity contribution < 1.29 is 88.1 Å². The molecule has 0 radical (unpaired) electrons. The standard InChI is InChI=1S/C51H62N4O6.2F6P/c1-33(16-21-47(56)59-4)39-19-20-40-38-18-17-36-25-37-22-23-50(36,2)41(38)26-46(51(39,40)3)61-49(58)30-55-32-53(43-13-6-8-15-45(43)55)28-35-11-9-10-34(24-35)27-52-31-54(29-48(57)60-37)44-14-7-5-12-42(44)52;2*1-7(2,3,4,5)6/h5-15,24,31-33,36-41,46H,16-23,25-30H2,1-4H3;;/q+2;2*-1/t33-,36-,37-,38+,39-,40+,41+,46+,50+,51-;;/m1../s1. The van der Waals surface area contributed by atoms with Gasteiger partial charge in [0.25, 0.3) is 0 Å². The summed E-state index contributed by atoms with van der Waals surface area (Å²) in [7, 11) is -19.8. The van der Waals surface area contributed by atoms with Gasteiger partial charge in [-0.3, -0.25) is 4.79 Å². The van der Waals surface area contributed by atoms with Gasteiger partial charge in [0.05, 0.1) is 7.11 Å². The Morgan fingerprint density at radius 2 is 1.21 bits per heavy atom. The molecule has 10 nitrogen and oxygen atoms in total. The zero-order valence-corrected chi connectivity index (χ0v) is 43.6. The number of hydrogen-bond acceptors (Lipinski definition) is 6. The third kappa shape index (κ3) is 14.2. The molecule has 5 aromatic rings. The number of rotatable bonds is 4. The van der Waals surface area contributed by atoms with Crippen LogP contribution in [0.2, 0.25) is 0 Å². The van der Waals surface area contributed by atoms with Gasteiger partial charge in [-0.15, -0.1) is 0 Å². The number of imidazole rings is 2. The number of ether oxygens (including phenoxy) is 3.